The Morgan fingerprint density at radius 1 is 1.03 bits per heavy atom. The quantitative estimate of drug-likeness (QED) is 0.394. The van der Waals surface area contributed by atoms with Crippen LogP contribution in [0.5, 0.6) is 0 Å². The molecule has 0 saturated carbocycles. The molecule has 0 aliphatic rings. The van der Waals surface area contributed by atoms with Crippen LogP contribution in [0.4, 0.5) is 14.9 Å². The Morgan fingerprint density at radius 3 is 2.35 bits per heavy atom. The third-order valence-corrected chi connectivity index (χ3v) is 6.48. The monoisotopic (exact) mass is 503 g/mol. The van der Waals surface area contributed by atoms with E-state index < -0.39 is 6.03 Å². The van der Waals surface area contributed by atoms with Crippen molar-refractivity contribution in [2.45, 2.75) is 20.0 Å². The standard InChI is InChI=1S/C25H27ClFN3O3S/c1-18-11-14-34-23(18)16-30(15-19-3-7-21(27)8-4-19)24(31)17-29(12-13-33-2)25(32)28-22-9-5-20(26)6-10-22/h3-11,14H,12-13,15-17H2,1-2H3,(H,28,32). The molecular formula is C25H27ClFN3O3S. The highest BCUT2D eigenvalue weighted by Gasteiger charge is 2.23. The van der Waals surface area contributed by atoms with Crippen molar-refractivity contribution in [2.24, 2.45) is 0 Å². The van der Waals surface area contributed by atoms with E-state index in [1.54, 1.807) is 52.6 Å². The highest BCUT2D eigenvalue weighted by Crippen LogP contribution is 2.20. The van der Waals surface area contributed by atoms with E-state index in [1.807, 2.05) is 18.4 Å². The molecular weight excluding hydrogens is 477 g/mol. The second-order valence-electron chi connectivity index (χ2n) is 7.75. The van der Waals surface area contributed by atoms with Gasteiger partial charge in [-0.1, -0.05) is 23.7 Å². The van der Waals surface area contributed by atoms with Crippen molar-refractivity contribution in [1.82, 2.24) is 9.80 Å². The highest BCUT2D eigenvalue weighted by molar-refractivity contribution is 7.10. The Kier molecular flexibility index (Phi) is 9.44. The van der Waals surface area contributed by atoms with Gasteiger partial charge in [-0.3, -0.25) is 4.79 Å². The number of nitrogens with one attached hydrogen (secondary N) is 1. The van der Waals surface area contributed by atoms with Crippen LogP contribution in [-0.2, 0) is 22.6 Å². The van der Waals surface area contributed by atoms with Crippen molar-refractivity contribution in [2.75, 3.05) is 32.1 Å². The van der Waals surface area contributed by atoms with Crippen LogP contribution in [0.1, 0.15) is 16.0 Å². The van der Waals surface area contributed by atoms with Crippen LogP contribution >= 0.6 is 22.9 Å². The first-order chi connectivity index (χ1) is 16.4. The number of nitrogens with zero attached hydrogens (tertiary/aromatic N) is 2. The average Bonchev–Trinajstić information content (AvgIpc) is 3.23. The van der Waals surface area contributed by atoms with E-state index in [0.29, 0.717) is 23.8 Å². The molecule has 0 bridgehead atoms. The lowest BCUT2D eigenvalue weighted by Gasteiger charge is -2.28. The lowest BCUT2D eigenvalue weighted by molar-refractivity contribution is -0.133. The summed E-state index contributed by atoms with van der Waals surface area (Å²) in [5.41, 5.74) is 2.47. The number of hydrogen-bond donors (Lipinski definition) is 1. The zero-order valence-electron chi connectivity index (χ0n) is 19.1. The molecule has 2 aromatic carbocycles. The molecule has 0 aliphatic carbocycles. The first-order valence-electron chi connectivity index (χ1n) is 10.7. The molecule has 0 unspecified atom stereocenters. The number of hydrogen-bond acceptors (Lipinski definition) is 4. The maximum Gasteiger partial charge on any atom is 0.322 e. The number of carbonyl (C=O) groups excluding carboxylic acids is 2. The number of rotatable bonds is 10. The third-order valence-electron chi connectivity index (χ3n) is 5.22. The number of carbonyl (C=O) groups is 2. The summed E-state index contributed by atoms with van der Waals surface area (Å²) in [6.07, 6.45) is 0. The third kappa shape index (κ3) is 7.55. The number of urea groups is 1. The smallest absolute Gasteiger partial charge is 0.322 e. The van der Waals surface area contributed by atoms with Gasteiger partial charge in [0.15, 0.2) is 0 Å². The predicted molar refractivity (Wildman–Crippen MR) is 134 cm³/mol. The number of methoxy groups -OCH3 is 1. The molecule has 1 aromatic heterocycles. The van der Waals surface area contributed by atoms with Crippen molar-refractivity contribution in [3.05, 3.63) is 86.8 Å². The molecule has 6 nitrogen and oxygen atoms in total. The predicted octanol–water partition coefficient (Wildman–Crippen LogP) is 5.56. The minimum Gasteiger partial charge on any atom is -0.383 e. The minimum atomic E-state index is -0.415. The summed E-state index contributed by atoms with van der Waals surface area (Å²) in [5, 5.41) is 5.34. The second kappa shape index (κ2) is 12.5. The fourth-order valence-corrected chi connectivity index (χ4v) is 4.28. The van der Waals surface area contributed by atoms with Crippen molar-refractivity contribution in [1.29, 1.82) is 0 Å². The van der Waals surface area contributed by atoms with Crippen LogP contribution in [0, 0.1) is 12.7 Å². The lowest BCUT2D eigenvalue weighted by atomic mass is 10.2. The van der Waals surface area contributed by atoms with E-state index in [1.165, 1.54) is 24.1 Å². The van der Waals surface area contributed by atoms with Crippen LogP contribution < -0.4 is 5.32 Å². The summed E-state index contributed by atoms with van der Waals surface area (Å²) in [4.78, 5) is 30.5. The molecule has 3 amide bonds. The fourth-order valence-electron chi connectivity index (χ4n) is 3.23. The van der Waals surface area contributed by atoms with Crippen LogP contribution in [0.15, 0.2) is 60.0 Å². The number of aryl methyl sites for hydroxylation is 1. The molecule has 0 spiro atoms. The fraction of sp³-hybridized carbons (Fsp3) is 0.280. The van der Waals surface area contributed by atoms with Gasteiger partial charge < -0.3 is 19.9 Å². The molecule has 1 N–H and O–H groups in total. The summed E-state index contributed by atoms with van der Waals surface area (Å²) < 4.78 is 18.5. The first-order valence-corrected chi connectivity index (χ1v) is 12.0. The number of anilines is 1. The molecule has 180 valence electrons. The number of thiophene rings is 1. The molecule has 0 radical (unpaired) electrons. The average molecular weight is 504 g/mol. The normalized spacial score (nSPS) is 10.7. The molecule has 3 aromatic rings. The minimum absolute atomic E-state index is 0.131. The van der Waals surface area contributed by atoms with Gasteiger partial charge in [0.25, 0.3) is 0 Å². The van der Waals surface area contributed by atoms with Gasteiger partial charge in [-0.05, 0) is 65.9 Å². The number of amides is 3. The van der Waals surface area contributed by atoms with Crippen LogP contribution in [0.3, 0.4) is 0 Å². The summed E-state index contributed by atoms with van der Waals surface area (Å²) >= 11 is 7.49. The summed E-state index contributed by atoms with van der Waals surface area (Å²) in [7, 11) is 1.54. The summed E-state index contributed by atoms with van der Waals surface area (Å²) in [5.74, 6) is -0.556. The van der Waals surface area contributed by atoms with E-state index in [-0.39, 0.29) is 31.4 Å². The van der Waals surface area contributed by atoms with Crippen molar-refractivity contribution in [3.8, 4) is 0 Å². The number of benzene rings is 2. The Bertz CT molecular complexity index is 1090. The second-order valence-corrected chi connectivity index (χ2v) is 9.19. The van der Waals surface area contributed by atoms with Gasteiger partial charge in [0.1, 0.15) is 12.4 Å². The molecule has 0 atom stereocenters. The van der Waals surface area contributed by atoms with Gasteiger partial charge in [-0.25, -0.2) is 9.18 Å². The molecule has 9 heteroatoms. The van der Waals surface area contributed by atoms with Gasteiger partial charge in [-0.2, -0.15) is 0 Å². The van der Waals surface area contributed by atoms with E-state index in [0.717, 1.165) is 16.0 Å². The van der Waals surface area contributed by atoms with Gasteiger partial charge >= 0.3 is 6.03 Å². The van der Waals surface area contributed by atoms with Gasteiger partial charge in [-0.15, -0.1) is 11.3 Å². The maximum atomic E-state index is 13.4. The molecule has 34 heavy (non-hydrogen) atoms. The SMILES string of the molecule is COCCN(CC(=O)N(Cc1ccc(F)cc1)Cc1sccc1C)C(=O)Nc1ccc(Cl)cc1. The Labute approximate surface area is 207 Å². The Hall–Kier alpha value is -2.94. The Morgan fingerprint density at radius 2 is 1.74 bits per heavy atom. The molecule has 0 fully saturated rings. The summed E-state index contributed by atoms with van der Waals surface area (Å²) in [6.45, 7) is 3.09. The van der Waals surface area contributed by atoms with E-state index in [4.69, 9.17) is 16.3 Å². The van der Waals surface area contributed by atoms with E-state index >= 15 is 0 Å². The van der Waals surface area contributed by atoms with Crippen LogP contribution in [-0.4, -0.2) is 48.5 Å². The van der Waals surface area contributed by atoms with Gasteiger partial charge in [0.05, 0.1) is 13.2 Å². The maximum absolute atomic E-state index is 13.4. The van der Waals surface area contributed by atoms with Crippen LogP contribution in [0.2, 0.25) is 5.02 Å². The number of ether oxygens (including phenoxy) is 1. The largest absolute Gasteiger partial charge is 0.383 e. The zero-order valence-corrected chi connectivity index (χ0v) is 20.7. The van der Waals surface area contributed by atoms with Gasteiger partial charge in [0.2, 0.25) is 5.91 Å². The van der Waals surface area contributed by atoms with E-state index in [2.05, 4.69) is 5.32 Å². The Balaban J connectivity index is 1.76. The first kappa shape index (κ1) is 25.7. The van der Waals surface area contributed by atoms with Crippen molar-refractivity contribution >= 4 is 40.6 Å². The topological polar surface area (TPSA) is 61.9 Å². The molecule has 3 rings (SSSR count). The lowest BCUT2D eigenvalue weighted by Crippen LogP contribution is -2.45. The number of halogens is 2. The van der Waals surface area contributed by atoms with Crippen LogP contribution in [0.25, 0.3) is 0 Å². The highest BCUT2D eigenvalue weighted by atomic mass is 35.5. The van der Waals surface area contributed by atoms with Crippen molar-refractivity contribution < 1.29 is 18.7 Å². The van der Waals surface area contributed by atoms with Crippen molar-refractivity contribution in [3.63, 3.8) is 0 Å². The van der Waals surface area contributed by atoms with E-state index in [9.17, 15) is 14.0 Å². The molecule has 0 saturated heterocycles. The van der Waals surface area contributed by atoms with Gasteiger partial charge in [0, 0.05) is 35.8 Å². The zero-order chi connectivity index (χ0) is 24.5. The molecule has 0 aliphatic heterocycles. The molecule has 1 heterocycles. The summed E-state index contributed by atoms with van der Waals surface area (Å²) in [6, 6.07) is 14.4.